The van der Waals surface area contributed by atoms with Crippen LogP contribution in [-0.2, 0) is 0 Å². The molecule has 1 saturated heterocycles. The van der Waals surface area contributed by atoms with E-state index in [9.17, 15) is 9.59 Å². The minimum atomic E-state index is -0.0126. The lowest BCUT2D eigenvalue weighted by Gasteiger charge is -2.34. The Hall–Kier alpha value is -2.76. The summed E-state index contributed by atoms with van der Waals surface area (Å²) >= 11 is 0. The van der Waals surface area contributed by atoms with Crippen LogP contribution >= 0.6 is 0 Å². The predicted molar refractivity (Wildman–Crippen MR) is 85.6 cm³/mol. The number of aromatic nitrogens is 1. The summed E-state index contributed by atoms with van der Waals surface area (Å²) in [5, 5.41) is 0. The highest BCUT2D eigenvalue weighted by Gasteiger charge is 2.25. The van der Waals surface area contributed by atoms with Crippen LogP contribution in [0.15, 0.2) is 42.7 Å². The first kappa shape index (κ1) is 15.1. The summed E-state index contributed by atoms with van der Waals surface area (Å²) in [4.78, 5) is 31.2. The molecule has 120 valence electrons. The molecule has 1 aliphatic rings. The molecule has 6 heteroatoms. The van der Waals surface area contributed by atoms with Crippen LogP contribution in [0, 0.1) is 0 Å². The number of benzene rings is 1. The number of rotatable bonds is 3. The van der Waals surface area contributed by atoms with E-state index in [1.54, 1.807) is 59.6 Å². The Kier molecular flexibility index (Phi) is 4.32. The Balaban J connectivity index is 1.59. The summed E-state index contributed by atoms with van der Waals surface area (Å²) < 4.78 is 5.10. The summed E-state index contributed by atoms with van der Waals surface area (Å²) in [6, 6.07) is 8.84. The maximum absolute atomic E-state index is 12.5. The van der Waals surface area contributed by atoms with Gasteiger partial charge in [0.2, 0.25) is 0 Å². The smallest absolute Gasteiger partial charge is 0.255 e. The molecule has 1 N–H and O–H groups in total. The number of carbonyl (C=O) groups excluding carboxylic acids is 2. The van der Waals surface area contributed by atoms with Crippen molar-refractivity contribution in [1.82, 2.24) is 14.8 Å². The molecule has 1 aromatic carbocycles. The molecule has 0 radical (unpaired) electrons. The number of amides is 2. The third-order valence-electron chi connectivity index (χ3n) is 4.04. The zero-order valence-corrected chi connectivity index (χ0v) is 13.0. The number of H-pyrrole nitrogens is 1. The second-order valence-electron chi connectivity index (χ2n) is 5.41. The number of methoxy groups -OCH3 is 1. The number of nitrogens with zero attached hydrogens (tertiary/aromatic N) is 2. The molecule has 0 bridgehead atoms. The van der Waals surface area contributed by atoms with Gasteiger partial charge >= 0.3 is 0 Å². The molecule has 1 aliphatic heterocycles. The number of ether oxygens (including phenoxy) is 1. The maximum Gasteiger partial charge on any atom is 0.255 e. The van der Waals surface area contributed by atoms with E-state index in [-0.39, 0.29) is 11.8 Å². The van der Waals surface area contributed by atoms with Gasteiger partial charge in [0, 0.05) is 44.1 Å². The van der Waals surface area contributed by atoms with Crippen LogP contribution < -0.4 is 4.74 Å². The summed E-state index contributed by atoms with van der Waals surface area (Å²) in [5.41, 5.74) is 1.29. The van der Waals surface area contributed by atoms with Crippen LogP contribution in [0.3, 0.4) is 0 Å². The Morgan fingerprint density at radius 3 is 1.96 bits per heavy atom. The number of hydrogen-bond acceptors (Lipinski definition) is 3. The van der Waals surface area contributed by atoms with E-state index in [1.165, 1.54) is 0 Å². The van der Waals surface area contributed by atoms with Crippen molar-refractivity contribution in [3.8, 4) is 5.75 Å². The lowest BCUT2D eigenvalue weighted by Crippen LogP contribution is -2.50. The van der Waals surface area contributed by atoms with Gasteiger partial charge in [0.15, 0.2) is 0 Å². The topological polar surface area (TPSA) is 65.6 Å². The lowest BCUT2D eigenvalue weighted by atomic mass is 10.1. The van der Waals surface area contributed by atoms with E-state index >= 15 is 0 Å². The molecule has 2 heterocycles. The zero-order chi connectivity index (χ0) is 16.2. The van der Waals surface area contributed by atoms with Crippen molar-refractivity contribution in [3.63, 3.8) is 0 Å². The van der Waals surface area contributed by atoms with Crippen LogP contribution in [0.1, 0.15) is 20.7 Å². The Bertz CT molecular complexity index is 672. The SMILES string of the molecule is COc1ccc(C(=O)N2CCN(C(=O)c3cc[nH]c3)CC2)cc1. The molecule has 0 saturated carbocycles. The van der Waals surface area contributed by atoms with E-state index < -0.39 is 0 Å². The van der Waals surface area contributed by atoms with Crippen molar-refractivity contribution in [1.29, 1.82) is 0 Å². The number of hydrogen-bond donors (Lipinski definition) is 1. The average molecular weight is 313 g/mol. The molecule has 0 unspecified atom stereocenters. The van der Waals surface area contributed by atoms with Crippen molar-refractivity contribution < 1.29 is 14.3 Å². The minimum Gasteiger partial charge on any atom is -0.497 e. The first-order chi connectivity index (χ1) is 11.2. The van der Waals surface area contributed by atoms with Gasteiger partial charge in [-0.25, -0.2) is 0 Å². The van der Waals surface area contributed by atoms with Gasteiger partial charge in [0.1, 0.15) is 5.75 Å². The number of carbonyl (C=O) groups is 2. The number of nitrogens with one attached hydrogen (secondary N) is 1. The van der Waals surface area contributed by atoms with Gasteiger partial charge in [-0.15, -0.1) is 0 Å². The van der Waals surface area contributed by atoms with Gasteiger partial charge in [0.25, 0.3) is 11.8 Å². The van der Waals surface area contributed by atoms with E-state index in [1.807, 2.05) is 0 Å². The zero-order valence-electron chi connectivity index (χ0n) is 13.0. The lowest BCUT2D eigenvalue weighted by molar-refractivity contribution is 0.0535. The van der Waals surface area contributed by atoms with Crippen LogP contribution in [0.2, 0.25) is 0 Å². The third-order valence-corrected chi connectivity index (χ3v) is 4.04. The second-order valence-corrected chi connectivity index (χ2v) is 5.41. The molecular weight excluding hydrogens is 294 g/mol. The molecule has 0 spiro atoms. The Labute approximate surface area is 134 Å². The normalized spacial score (nSPS) is 14.7. The van der Waals surface area contributed by atoms with Crippen LogP contribution in [-0.4, -0.2) is 59.9 Å². The van der Waals surface area contributed by atoms with Gasteiger partial charge < -0.3 is 19.5 Å². The third kappa shape index (κ3) is 3.21. The predicted octanol–water partition coefficient (Wildman–Crippen LogP) is 1.62. The summed E-state index contributed by atoms with van der Waals surface area (Å²) in [7, 11) is 1.59. The summed E-state index contributed by atoms with van der Waals surface area (Å²) in [6.07, 6.45) is 3.42. The van der Waals surface area contributed by atoms with Crippen molar-refractivity contribution in [3.05, 3.63) is 53.9 Å². The van der Waals surface area contributed by atoms with Gasteiger partial charge in [0.05, 0.1) is 12.7 Å². The van der Waals surface area contributed by atoms with Crippen molar-refractivity contribution in [2.45, 2.75) is 0 Å². The minimum absolute atomic E-state index is 0.00259. The standard InChI is InChI=1S/C17H19N3O3/c1-23-15-4-2-13(3-5-15)16(21)19-8-10-20(11-9-19)17(22)14-6-7-18-12-14/h2-7,12,18H,8-11H2,1H3. The molecule has 1 fully saturated rings. The van der Waals surface area contributed by atoms with Gasteiger partial charge in [-0.05, 0) is 30.3 Å². The first-order valence-corrected chi connectivity index (χ1v) is 7.54. The summed E-state index contributed by atoms with van der Waals surface area (Å²) in [6.45, 7) is 2.18. The molecule has 23 heavy (non-hydrogen) atoms. The van der Waals surface area contributed by atoms with E-state index in [2.05, 4.69) is 4.98 Å². The molecule has 6 nitrogen and oxygen atoms in total. The Morgan fingerprint density at radius 2 is 1.48 bits per heavy atom. The van der Waals surface area contributed by atoms with Crippen molar-refractivity contribution in [2.24, 2.45) is 0 Å². The molecular formula is C17H19N3O3. The molecule has 2 aromatic rings. The Morgan fingerprint density at radius 1 is 0.913 bits per heavy atom. The molecule has 3 rings (SSSR count). The molecule has 0 aliphatic carbocycles. The van der Waals surface area contributed by atoms with Gasteiger partial charge in [-0.3, -0.25) is 9.59 Å². The highest BCUT2D eigenvalue weighted by molar-refractivity contribution is 5.96. The highest BCUT2D eigenvalue weighted by Crippen LogP contribution is 2.15. The molecule has 2 amide bonds. The van der Waals surface area contributed by atoms with Crippen molar-refractivity contribution in [2.75, 3.05) is 33.3 Å². The first-order valence-electron chi connectivity index (χ1n) is 7.54. The van der Waals surface area contributed by atoms with E-state index in [4.69, 9.17) is 4.74 Å². The molecule has 0 atom stereocenters. The number of aromatic amines is 1. The highest BCUT2D eigenvalue weighted by atomic mass is 16.5. The maximum atomic E-state index is 12.5. The van der Waals surface area contributed by atoms with Gasteiger partial charge in [-0.2, -0.15) is 0 Å². The second kappa shape index (κ2) is 6.56. The van der Waals surface area contributed by atoms with Crippen LogP contribution in [0.5, 0.6) is 5.75 Å². The fourth-order valence-electron chi connectivity index (χ4n) is 2.67. The van der Waals surface area contributed by atoms with Gasteiger partial charge in [-0.1, -0.05) is 0 Å². The number of piperazine rings is 1. The van der Waals surface area contributed by atoms with Crippen LogP contribution in [0.25, 0.3) is 0 Å². The van der Waals surface area contributed by atoms with E-state index in [0.717, 1.165) is 5.75 Å². The largest absolute Gasteiger partial charge is 0.497 e. The fraction of sp³-hybridized carbons (Fsp3) is 0.294. The fourth-order valence-corrected chi connectivity index (χ4v) is 2.67. The van der Waals surface area contributed by atoms with Crippen LogP contribution in [0.4, 0.5) is 0 Å². The summed E-state index contributed by atoms with van der Waals surface area (Å²) in [5.74, 6) is 0.715. The molecule has 1 aromatic heterocycles. The monoisotopic (exact) mass is 313 g/mol. The average Bonchev–Trinajstić information content (AvgIpc) is 3.15. The van der Waals surface area contributed by atoms with E-state index in [0.29, 0.717) is 37.3 Å². The quantitative estimate of drug-likeness (QED) is 0.936. The van der Waals surface area contributed by atoms with Crippen molar-refractivity contribution >= 4 is 11.8 Å².